The highest BCUT2D eigenvalue weighted by atomic mass is 19.1. The molecule has 9 heteroatoms. The third-order valence-electron chi connectivity index (χ3n) is 6.18. The summed E-state index contributed by atoms with van der Waals surface area (Å²) in [5.41, 5.74) is 3.29. The van der Waals surface area contributed by atoms with Gasteiger partial charge in [-0.05, 0) is 66.8 Å². The monoisotopic (exact) mass is 459 g/mol. The van der Waals surface area contributed by atoms with E-state index in [1.54, 1.807) is 42.2 Å². The molecule has 0 bridgehead atoms. The molecule has 2 heterocycles. The van der Waals surface area contributed by atoms with Gasteiger partial charge in [-0.15, -0.1) is 0 Å². The fraction of sp³-hybridized carbons (Fsp3) is 0.200. The lowest BCUT2D eigenvalue weighted by molar-refractivity contribution is -0.140. The third-order valence-corrected chi connectivity index (χ3v) is 6.18. The number of nitrogens with one attached hydrogen (secondary N) is 2. The van der Waals surface area contributed by atoms with Crippen molar-refractivity contribution in [3.8, 4) is 11.1 Å². The van der Waals surface area contributed by atoms with E-state index in [0.29, 0.717) is 29.9 Å². The Hall–Kier alpha value is -4.27. The fourth-order valence-electron chi connectivity index (χ4n) is 4.06. The van der Waals surface area contributed by atoms with Gasteiger partial charge in [0, 0.05) is 18.1 Å². The Labute approximate surface area is 194 Å². The minimum absolute atomic E-state index is 0.102. The molecule has 34 heavy (non-hydrogen) atoms. The number of hydrogen-bond donors (Lipinski definition) is 3. The number of nitrogens with zero attached hydrogens (tertiary/aromatic N) is 3. The van der Waals surface area contributed by atoms with Crippen molar-refractivity contribution in [2.24, 2.45) is 7.05 Å². The van der Waals surface area contributed by atoms with Gasteiger partial charge in [0.2, 0.25) is 0 Å². The first-order valence-corrected chi connectivity index (χ1v) is 10.8. The van der Waals surface area contributed by atoms with Gasteiger partial charge >= 0.3 is 12.0 Å². The molecule has 172 valence electrons. The van der Waals surface area contributed by atoms with Crippen molar-refractivity contribution < 1.29 is 19.1 Å². The van der Waals surface area contributed by atoms with E-state index >= 15 is 0 Å². The molecule has 2 aromatic carbocycles. The number of carbonyl (C=O) groups excluding carboxylic acids is 1. The Morgan fingerprint density at radius 2 is 1.82 bits per heavy atom. The van der Waals surface area contributed by atoms with Crippen LogP contribution in [0.25, 0.3) is 22.2 Å². The summed E-state index contributed by atoms with van der Waals surface area (Å²) < 4.78 is 15.5. The summed E-state index contributed by atoms with van der Waals surface area (Å²) >= 11 is 0. The van der Waals surface area contributed by atoms with Crippen LogP contribution in [0.1, 0.15) is 24.1 Å². The van der Waals surface area contributed by atoms with Gasteiger partial charge in [0.1, 0.15) is 11.2 Å². The minimum atomic E-state index is -0.947. The average molecular weight is 459 g/mol. The molecular weight excluding hydrogens is 437 g/mol. The number of urea groups is 1. The lowest BCUT2D eigenvalue weighted by atomic mass is 9.96. The lowest BCUT2D eigenvalue weighted by Crippen LogP contribution is -2.21. The molecule has 1 aliphatic carbocycles. The van der Waals surface area contributed by atoms with E-state index < -0.39 is 23.2 Å². The molecule has 2 aromatic heterocycles. The Balaban J connectivity index is 1.42. The van der Waals surface area contributed by atoms with E-state index in [-0.39, 0.29) is 5.69 Å². The maximum Gasteiger partial charge on any atom is 0.323 e. The number of aromatic nitrogens is 3. The Morgan fingerprint density at radius 1 is 1.09 bits per heavy atom. The van der Waals surface area contributed by atoms with Gasteiger partial charge in [0.05, 0.1) is 17.6 Å². The molecule has 2 amide bonds. The van der Waals surface area contributed by atoms with Crippen molar-refractivity contribution in [3.63, 3.8) is 0 Å². The number of pyridine rings is 1. The SMILES string of the molecule is Cc1ccc(F)c(NC(=O)Nc2ccc(-c3cc(C4(C(=O)O)CC4)nc4c3cnn4C)cc2)c1. The molecule has 1 saturated carbocycles. The van der Waals surface area contributed by atoms with E-state index in [0.717, 1.165) is 22.1 Å². The maximum atomic E-state index is 13.9. The molecule has 5 rings (SSSR count). The first kappa shape index (κ1) is 21.6. The summed E-state index contributed by atoms with van der Waals surface area (Å²) in [6.45, 7) is 1.81. The van der Waals surface area contributed by atoms with Crippen LogP contribution < -0.4 is 10.6 Å². The lowest BCUT2D eigenvalue weighted by Gasteiger charge is -2.13. The van der Waals surface area contributed by atoms with Gasteiger partial charge in [-0.2, -0.15) is 5.10 Å². The number of halogens is 1. The molecule has 1 aliphatic rings. The molecule has 1 fully saturated rings. The average Bonchev–Trinajstić information content (AvgIpc) is 3.55. The summed E-state index contributed by atoms with van der Waals surface area (Å²) in [5.74, 6) is -1.39. The molecule has 0 spiro atoms. The van der Waals surface area contributed by atoms with Crippen molar-refractivity contribution in [2.45, 2.75) is 25.2 Å². The second-order valence-corrected chi connectivity index (χ2v) is 8.59. The van der Waals surface area contributed by atoms with Crippen LogP contribution in [-0.4, -0.2) is 31.9 Å². The summed E-state index contributed by atoms with van der Waals surface area (Å²) in [4.78, 5) is 28.8. The summed E-state index contributed by atoms with van der Waals surface area (Å²) in [6, 6.07) is 12.9. The van der Waals surface area contributed by atoms with E-state index in [1.807, 2.05) is 25.1 Å². The van der Waals surface area contributed by atoms with Crippen molar-refractivity contribution in [1.29, 1.82) is 0 Å². The van der Waals surface area contributed by atoms with Gasteiger partial charge in [0.15, 0.2) is 5.65 Å². The second kappa shape index (κ2) is 7.95. The van der Waals surface area contributed by atoms with Gasteiger partial charge in [-0.1, -0.05) is 18.2 Å². The van der Waals surface area contributed by atoms with Crippen LogP contribution in [0.2, 0.25) is 0 Å². The van der Waals surface area contributed by atoms with Crippen LogP contribution in [0.5, 0.6) is 0 Å². The number of carboxylic acid groups (broad SMARTS) is 1. The molecular formula is C25H22FN5O3. The van der Waals surface area contributed by atoms with Crippen LogP contribution in [0.4, 0.5) is 20.6 Å². The molecule has 0 radical (unpaired) electrons. The fourth-order valence-corrected chi connectivity index (χ4v) is 4.06. The highest BCUT2D eigenvalue weighted by molar-refractivity contribution is 6.00. The molecule has 0 saturated heterocycles. The van der Waals surface area contributed by atoms with Gasteiger partial charge in [-0.25, -0.2) is 14.2 Å². The molecule has 3 N–H and O–H groups in total. The number of aliphatic carboxylic acids is 1. The Morgan fingerprint density at radius 3 is 2.50 bits per heavy atom. The van der Waals surface area contributed by atoms with E-state index in [1.165, 1.54) is 6.07 Å². The van der Waals surface area contributed by atoms with Gasteiger partial charge < -0.3 is 15.7 Å². The van der Waals surface area contributed by atoms with Crippen LogP contribution in [0, 0.1) is 12.7 Å². The number of carboxylic acids is 1. The maximum absolute atomic E-state index is 13.9. The van der Waals surface area contributed by atoms with Crippen molar-refractivity contribution in [2.75, 3.05) is 10.6 Å². The number of aryl methyl sites for hydroxylation is 2. The molecule has 0 unspecified atom stereocenters. The predicted octanol–water partition coefficient (Wildman–Crippen LogP) is 4.84. The van der Waals surface area contributed by atoms with Gasteiger partial charge in [-0.3, -0.25) is 9.48 Å². The zero-order valence-corrected chi connectivity index (χ0v) is 18.6. The quantitative estimate of drug-likeness (QED) is 0.396. The highest BCUT2D eigenvalue weighted by Crippen LogP contribution is 2.49. The van der Waals surface area contributed by atoms with Gasteiger partial charge in [0.25, 0.3) is 0 Å². The first-order valence-electron chi connectivity index (χ1n) is 10.8. The first-order chi connectivity index (χ1) is 16.3. The van der Waals surface area contributed by atoms with Crippen molar-refractivity contribution >= 4 is 34.4 Å². The van der Waals surface area contributed by atoms with Crippen LogP contribution in [-0.2, 0) is 17.3 Å². The third kappa shape index (κ3) is 3.75. The largest absolute Gasteiger partial charge is 0.481 e. The standard InChI is InChI=1S/C25H22FN5O3/c1-14-3-8-19(26)20(11-14)29-24(34)28-16-6-4-15(5-7-16)17-12-21(25(9-10-25)23(32)33)30-22-18(17)13-27-31(22)2/h3-8,11-13H,9-10H2,1-2H3,(H,32,33)(H2,28,29,34). The number of hydrogen-bond acceptors (Lipinski definition) is 4. The van der Waals surface area contributed by atoms with Crippen molar-refractivity contribution in [3.05, 3.63) is 71.8 Å². The van der Waals surface area contributed by atoms with E-state index in [2.05, 4.69) is 20.7 Å². The summed E-state index contributed by atoms with van der Waals surface area (Å²) in [7, 11) is 1.77. The minimum Gasteiger partial charge on any atom is -0.481 e. The molecule has 0 atom stereocenters. The summed E-state index contributed by atoms with van der Waals surface area (Å²) in [5, 5.41) is 20.0. The highest BCUT2D eigenvalue weighted by Gasteiger charge is 2.53. The Kier molecular flexibility index (Phi) is 5.04. The number of fused-ring (bicyclic) bond motifs is 1. The molecule has 8 nitrogen and oxygen atoms in total. The smallest absolute Gasteiger partial charge is 0.323 e. The Bertz CT molecular complexity index is 1440. The number of anilines is 2. The molecule has 0 aliphatic heterocycles. The second-order valence-electron chi connectivity index (χ2n) is 8.59. The number of amides is 2. The van der Waals surface area contributed by atoms with Crippen LogP contribution in [0.15, 0.2) is 54.7 Å². The number of carbonyl (C=O) groups is 2. The molecule has 4 aromatic rings. The van der Waals surface area contributed by atoms with Crippen LogP contribution >= 0.6 is 0 Å². The number of benzene rings is 2. The summed E-state index contributed by atoms with van der Waals surface area (Å²) in [6.07, 6.45) is 2.81. The van der Waals surface area contributed by atoms with Crippen LogP contribution in [0.3, 0.4) is 0 Å². The number of rotatable bonds is 5. The van der Waals surface area contributed by atoms with E-state index in [9.17, 15) is 19.1 Å². The zero-order valence-electron chi connectivity index (χ0n) is 18.6. The topological polar surface area (TPSA) is 109 Å². The zero-order chi connectivity index (χ0) is 24.0. The normalized spacial score (nSPS) is 14.1. The van der Waals surface area contributed by atoms with E-state index in [4.69, 9.17) is 0 Å². The predicted molar refractivity (Wildman–Crippen MR) is 126 cm³/mol. The van der Waals surface area contributed by atoms with Crippen molar-refractivity contribution in [1.82, 2.24) is 14.8 Å².